The molecule has 0 radical (unpaired) electrons. The van der Waals surface area contributed by atoms with Crippen molar-refractivity contribution in [1.82, 2.24) is 9.97 Å². The summed E-state index contributed by atoms with van der Waals surface area (Å²) in [6.07, 6.45) is 1.57. The molecule has 25 heavy (non-hydrogen) atoms. The Morgan fingerprint density at radius 1 is 1.12 bits per heavy atom. The average Bonchev–Trinajstić information content (AvgIpc) is 2.67. The van der Waals surface area contributed by atoms with Gasteiger partial charge in [-0.05, 0) is 17.7 Å². The number of benzene rings is 2. The van der Waals surface area contributed by atoms with Gasteiger partial charge in [-0.25, -0.2) is 14.8 Å². The summed E-state index contributed by atoms with van der Waals surface area (Å²) >= 11 is 0. The molecule has 1 aromatic heterocycles. The molecule has 0 saturated carbocycles. The van der Waals surface area contributed by atoms with Gasteiger partial charge in [0, 0.05) is 12.1 Å². The molecule has 0 atom stereocenters. The van der Waals surface area contributed by atoms with Crippen LogP contribution in [0.25, 0.3) is 11.3 Å². The van der Waals surface area contributed by atoms with Crippen LogP contribution in [-0.2, 0) is 6.54 Å². The van der Waals surface area contributed by atoms with Gasteiger partial charge in [0.2, 0.25) is 0 Å². The number of hydrogen-bond acceptors (Lipinski definition) is 5. The number of anilines is 1. The minimum Gasteiger partial charge on any atom is -0.497 e. The van der Waals surface area contributed by atoms with Crippen molar-refractivity contribution in [3.05, 3.63) is 72.1 Å². The number of ether oxygens (including phenoxy) is 1. The third kappa shape index (κ3) is 3.92. The summed E-state index contributed by atoms with van der Waals surface area (Å²) in [6.45, 7) is 0.434. The van der Waals surface area contributed by atoms with E-state index in [2.05, 4.69) is 15.3 Å². The van der Waals surface area contributed by atoms with Gasteiger partial charge in [-0.1, -0.05) is 42.5 Å². The number of nitrogens with zero attached hydrogens (tertiary/aromatic N) is 2. The van der Waals surface area contributed by atoms with Crippen LogP contribution in [0.3, 0.4) is 0 Å². The van der Waals surface area contributed by atoms with Crippen molar-refractivity contribution >= 4 is 11.8 Å². The number of rotatable bonds is 6. The van der Waals surface area contributed by atoms with Crippen LogP contribution >= 0.6 is 0 Å². The second kappa shape index (κ2) is 7.44. The zero-order chi connectivity index (χ0) is 17.6. The molecule has 0 unspecified atom stereocenters. The molecule has 0 aliphatic rings. The Morgan fingerprint density at radius 2 is 1.84 bits per heavy atom. The number of carboxylic acids is 1. The fourth-order valence-corrected chi connectivity index (χ4v) is 2.34. The smallest absolute Gasteiger partial charge is 0.358 e. The number of carbonyl (C=O) groups is 1. The molecular formula is C19H17N3O3. The van der Waals surface area contributed by atoms with E-state index in [-0.39, 0.29) is 11.5 Å². The van der Waals surface area contributed by atoms with Gasteiger partial charge < -0.3 is 15.2 Å². The van der Waals surface area contributed by atoms with Gasteiger partial charge in [0.25, 0.3) is 0 Å². The third-order valence-electron chi connectivity index (χ3n) is 3.66. The quantitative estimate of drug-likeness (QED) is 0.717. The summed E-state index contributed by atoms with van der Waals surface area (Å²) in [5, 5.41) is 12.5. The molecule has 126 valence electrons. The highest BCUT2D eigenvalue weighted by atomic mass is 16.5. The van der Waals surface area contributed by atoms with E-state index >= 15 is 0 Å². The fourth-order valence-electron chi connectivity index (χ4n) is 2.34. The average molecular weight is 335 g/mol. The van der Waals surface area contributed by atoms with Crippen molar-refractivity contribution in [2.24, 2.45) is 0 Å². The van der Waals surface area contributed by atoms with Crippen molar-refractivity contribution in [3.8, 4) is 17.0 Å². The van der Waals surface area contributed by atoms with Gasteiger partial charge in [-0.15, -0.1) is 0 Å². The Hall–Kier alpha value is -3.41. The maximum atomic E-state index is 11.5. The van der Waals surface area contributed by atoms with Gasteiger partial charge in [0.1, 0.15) is 5.75 Å². The first-order valence-corrected chi connectivity index (χ1v) is 7.70. The van der Waals surface area contributed by atoms with Gasteiger partial charge in [-0.2, -0.15) is 0 Å². The van der Waals surface area contributed by atoms with Gasteiger partial charge >= 0.3 is 5.97 Å². The summed E-state index contributed by atoms with van der Waals surface area (Å²) in [4.78, 5) is 20.0. The van der Waals surface area contributed by atoms with Crippen molar-refractivity contribution in [1.29, 1.82) is 0 Å². The zero-order valence-corrected chi connectivity index (χ0v) is 13.6. The van der Waals surface area contributed by atoms with Crippen molar-refractivity contribution in [2.75, 3.05) is 12.4 Å². The minimum atomic E-state index is -1.12. The number of hydrogen-bond donors (Lipinski definition) is 2. The molecule has 3 rings (SSSR count). The Morgan fingerprint density at radius 3 is 2.48 bits per heavy atom. The van der Waals surface area contributed by atoms with E-state index in [9.17, 15) is 9.90 Å². The first-order chi connectivity index (χ1) is 12.2. The number of aromatic carboxylic acids is 1. The van der Waals surface area contributed by atoms with Crippen LogP contribution in [0.5, 0.6) is 5.75 Å². The predicted octanol–water partition coefficient (Wildman–Crippen LogP) is 3.46. The topological polar surface area (TPSA) is 84.3 Å². The number of nitrogens with one attached hydrogen (secondary N) is 1. The van der Waals surface area contributed by atoms with Crippen LogP contribution < -0.4 is 10.1 Å². The number of carboxylic acid groups (broad SMARTS) is 1. The molecule has 6 nitrogen and oxygen atoms in total. The summed E-state index contributed by atoms with van der Waals surface area (Å²) in [5.41, 5.74) is 2.22. The summed E-state index contributed by atoms with van der Waals surface area (Å²) in [5.74, 6) is -0.118. The second-order valence-electron chi connectivity index (χ2n) is 5.33. The summed E-state index contributed by atoms with van der Waals surface area (Å²) in [6, 6.07) is 16.8. The molecular weight excluding hydrogens is 318 g/mol. The van der Waals surface area contributed by atoms with Crippen molar-refractivity contribution in [3.63, 3.8) is 0 Å². The van der Waals surface area contributed by atoms with E-state index in [4.69, 9.17) is 4.74 Å². The molecule has 2 aromatic carbocycles. The van der Waals surface area contributed by atoms with E-state index in [1.807, 2.05) is 54.6 Å². The lowest BCUT2D eigenvalue weighted by Gasteiger charge is -2.10. The molecule has 3 aromatic rings. The van der Waals surface area contributed by atoms with Crippen LogP contribution in [0.15, 0.2) is 60.8 Å². The van der Waals surface area contributed by atoms with Crippen LogP contribution in [0.1, 0.15) is 16.1 Å². The third-order valence-corrected chi connectivity index (χ3v) is 3.66. The van der Waals surface area contributed by atoms with E-state index in [0.717, 1.165) is 16.9 Å². The lowest BCUT2D eigenvalue weighted by Crippen LogP contribution is -2.11. The van der Waals surface area contributed by atoms with Gasteiger partial charge in [-0.3, -0.25) is 0 Å². The molecule has 1 heterocycles. The first kappa shape index (κ1) is 16.4. The SMILES string of the molecule is COc1ccc(CNc2ncc(-c3ccccc3)nc2C(=O)O)cc1. The maximum absolute atomic E-state index is 11.5. The van der Waals surface area contributed by atoms with Crippen LogP contribution in [0.2, 0.25) is 0 Å². The molecule has 0 amide bonds. The van der Waals surface area contributed by atoms with Crippen LogP contribution in [-0.4, -0.2) is 28.2 Å². The molecule has 0 spiro atoms. The molecule has 0 aliphatic carbocycles. The lowest BCUT2D eigenvalue weighted by molar-refractivity contribution is 0.0691. The highest BCUT2D eigenvalue weighted by molar-refractivity contribution is 5.91. The number of methoxy groups -OCH3 is 1. The highest BCUT2D eigenvalue weighted by Crippen LogP contribution is 2.20. The lowest BCUT2D eigenvalue weighted by atomic mass is 10.1. The molecule has 0 saturated heterocycles. The number of aromatic nitrogens is 2. The molecule has 0 aliphatic heterocycles. The normalized spacial score (nSPS) is 10.3. The van der Waals surface area contributed by atoms with Gasteiger partial charge in [0.05, 0.1) is 19.0 Å². The van der Waals surface area contributed by atoms with E-state index < -0.39 is 5.97 Å². The zero-order valence-electron chi connectivity index (χ0n) is 13.6. The Bertz CT molecular complexity index is 865. The predicted molar refractivity (Wildman–Crippen MR) is 94.7 cm³/mol. The maximum Gasteiger partial charge on any atom is 0.358 e. The summed E-state index contributed by atoms with van der Waals surface area (Å²) < 4.78 is 5.12. The van der Waals surface area contributed by atoms with Crippen LogP contribution in [0.4, 0.5) is 5.82 Å². The first-order valence-electron chi connectivity index (χ1n) is 7.70. The van der Waals surface area contributed by atoms with E-state index in [1.54, 1.807) is 13.3 Å². The largest absolute Gasteiger partial charge is 0.497 e. The van der Waals surface area contributed by atoms with Gasteiger partial charge in [0.15, 0.2) is 11.5 Å². The Kier molecular flexibility index (Phi) is 4.89. The van der Waals surface area contributed by atoms with Crippen molar-refractivity contribution in [2.45, 2.75) is 6.54 Å². The fraction of sp³-hybridized carbons (Fsp3) is 0.105. The monoisotopic (exact) mass is 335 g/mol. The van der Waals surface area contributed by atoms with E-state index in [1.165, 1.54) is 0 Å². The van der Waals surface area contributed by atoms with Crippen LogP contribution in [0, 0.1) is 0 Å². The van der Waals surface area contributed by atoms with Crippen molar-refractivity contribution < 1.29 is 14.6 Å². The summed E-state index contributed by atoms with van der Waals surface area (Å²) in [7, 11) is 1.61. The minimum absolute atomic E-state index is 0.102. The second-order valence-corrected chi connectivity index (χ2v) is 5.33. The standard InChI is InChI=1S/C19H17N3O3/c1-25-15-9-7-13(8-10-15)11-20-18-17(19(23)24)22-16(12-21-18)14-5-3-2-4-6-14/h2-10,12H,11H2,1H3,(H,20,21)(H,23,24). The Labute approximate surface area is 145 Å². The molecule has 0 bridgehead atoms. The molecule has 0 fully saturated rings. The molecule has 6 heteroatoms. The molecule has 2 N–H and O–H groups in total. The Balaban J connectivity index is 1.81. The van der Waals surface area contributed by atoms with E-state index in [0.29, 0.717) is 12.2 Å². The highest BCUT2D eigenvalue weighted by Gasteiger charge is 2.15.